The molecule has 0 saturated heterocycles. The number of rotatable bonds is 10. The van der Waals surface area contributed by atoms with Crippen molar-refractivity contribution >= 4 is 23.4 Å². The van der Waals surface area contributed by atoms with Crippen LogP contribution < -0.4 is 0 Å². The van der Waals surface area contributed by atoms with Gasteiger partial charge in [0.15, 0.2) is 11.0 Å². The molecule has 0 N–H and O–H groups in total. The van der Waals surface area contributed by atoms with Crippen molar-refractivity contribution in [3.05, 3.63) is 83.6 Å². The lowest BCUT2D eigenvalue weighted by molar-refractivity contribution is 0.554. The van der Waals surface area contributed by atoms with E-state index in [4.69, 9.17) is 11.6 Å². The van der Waals surface area contributed by atoms with Gasteiger partial charge in [0.25, 0.3) is 0 Å². The van der Waals surface area contributed by atoms with E-state index in [2.05, 4.69) is 44.1 Å². The number of hydrogen-bond acceptors (Lipinski definition) is 4. The minimum atomic E-state index is 0.689. The van der Waals surface area contributed by atoms with E-state index in [9.17, 15) is 0 Å². The van der Waals surface area contributed by atoms with E-state index in [1.54, 1.807) is 11.8 Å². The van der Waals surface area contributed by atoms with E-state index >= 15 is 0 Å². The van der Waals surface area contributed by atoms with E-state index in [0.717, 1.165) is 54.6 Å². The predicted octanol–water partition coefficient (Wildman–Crippen LogP) is 5.81. The van der Waals surface area contributed by atoms with Crippen LogP contribution in [0.15, 0.2) is 78.2 Å². The van der Waals surface area contributed by atoms with E-state index in [1.807, 2.05) is 53.5 Å². The highest BCUT2D eigenvalue weighted by Crippen LogP contribution is 2.30. The number of aryl methyl sites for hydroxylation is 1. The van der Waals surface area contributed by atoms with Gasteiger partial charge in [0.2, 0.25) is 0 Å². The molecule has 5 nitrogen and oxygen atoms in total. The molecule has 30 heavy (non-hydrogen) atoms. The molecule has 154 valence electrons. The van der Waals surface area contributed by atoms with Crippen LogP contribution in [0.1, 0.15) is 24.8 Å². The van der Waals surface area contributed by atoms with Gasteiger partial charge in [0, 0.05) is 30.3 Å². The molecule has 0 bridgehead atoms. The van der Waals surface area contributed by atoms with Gasteiger partial charge in [-0.2, -0.15) is 5.10 Å². The Morgan fingerprint density at radius 1 is 0.867 bits per heavy atom. The molecular formula is C23H24ClN5S. The zero-order chi connectivity index (χ0) is 20.6. The Balaban J connectivity index is 1.43. The maximum absolute atomic E-state index is 6.45. The Morgan fingerprint density at radius 3 is 2.50 bits per heavy atom. The summed E-state index contributed by atoms with van der Waals surface area (Å²) < 4.78 is 4.16. The van der Waals surface area contributed by atoms with Crippen LogP contribution in [-0.2, 0) is 13.1 Å². The third-order valence-electron chi connectivity index (χ3n) is 4.84. The summed E-state index contributed by atoms with van der Waals surface area (Å²) in [4.78, 5) is 0. The van der Waals surface area contributed by atoms with Gasteiger partial charge in [-0.25, -0.2) is 0 Å². The Hall–Kier alpha value is -2.57. The fourth-order valence-electron chi connectivity index (χ4n) is 3.29. The van der Waals surface area contributed by atoms with Crippen molar-refractivity contribution in [1.29, 1.82) is 0 Å². The van der Waals surface area contributed by atoms with Crippen LogP contribution in [-0.4, -0.2) is 30.3 Å². The minimum absolute atomic E-state index is 0.689. The van der Waals surface area contributed by atoms with Gasteiger partial charge in [-0.3, -0.25) is 9.25 Å². The molecule has 0 saturated carbocycles. The Labute approximate surface area is 186 Å². The van der Waals surface area contributed by atoms with Gasteiger partial charge in [0.05, 0.1) is 11.6 Å². The molecule has 0 fully saturated rings. The molecule has 0 amide bonds. The number of aromatic nitrogens is 5. The fourth-order valence-corrected chi connectivity index (χ4v) is 4.45. The molecule has 0 aliphatic rings. The quantitative estimate of drug-likeness (QED) is 0.232. The van der Waals surface area contributed by atoms with Crippen molar-refractivity contribution in [2.75, 3.05) is 5.75 Å². The lowest BCUT2D eigenvalue weighted by atomic mass is 10.2. The number of benzene rings is 2. The van der Waals surface area contributed by atoms with E-state index < -0.39 is 0 Å². The summed E-state index contributed by atoms with van der Waals surface area (Å²) in [6.07, 6.45) is 7.26. The summed E-state index contributed by atoms with van der Waals surface area (Å²) in [7, 11) is 0. The molecule has 0 radical (unpaired) electrons. The molecule has 0 aliphatic carbocycles. The largest absolute Gasteiger partial charge is 0.298 e. The summed E-state index contributed by atoms with van der Waals surface area (Å²) >= 11 is 8.21. The van der Waals surface area contributed by atoms with Crippen LogP contribution in [0.25, 0.3) is 11.4 Å². The maximum Gasteiger partial charge on any atom is 0.191 e. The SMILES string of the molecule is Clc1ccccc1-c1nnc(SCCCCCn2cccn2)n1Cc1ccccc1. The van der Waals surface area contributed by atoms with E-state index in [0.29, 0.717) is 5.02 Å². The second-order valence-corrected chi connectivity index (χ2v) is 8.51. The van der Waals surface area contributed by atoms with Crippen LogP contribution >= 0.6 is 23.4 Å². The van der Waals surface area contributed by atoms with Gasteiger partial charge in [-0.05, 0) is 36.6 Å². The minimum Gasteiger partial charge on any atom is -0.298 e. The zero-order valence-corrected chi connectivity index (χ0v) is 18.3. The molecule has 0 aliphatic heterocycles. The first-order valence-electron chi connectivity index (χ1n) is 10.1. The molecular weight excluding hydrogens is 414 g/mol. The van der Waals surface area contributed by atoms with Crippen molar-refractivity contribution in [2.24, 2.45) is 0 Å². The zero-order valence-electron chi connectivity index (χ0n) is 16.7. The first-order chi connectivity index (χ1) is 14.8. The van der Waals surface area contributed by atoms with Crippen molar-refractivity contribution in [2.45, 2.75) is 37.5 Å². The van der Waals surface area contributed by atoms with Gasteiger partial charge in [-0.1, -0.05) is 72.2 Å². The van der Waals surface area contributed by atoms with Gasteiger partial charge in [0.1, 0.15) is 0 Å². The van der Waals surface area contributed by atoms with Crippen molar-refractivity contribution in [3.8, 4) is 11.4 Å². The highest BCUT2D eigenvalue weighted by atomic mass is 35.5. The summed E-state index contributed by atoms with van der Waals surface area (Å²) in [6, 6.07) is 20.2. The Kier molecular flexibility index (Phi) is 7.21. The third-order valence-corrected chi connectivity index (χ3v) is 6.22. The van der Waals surface area contributed by atoms with Crippen molar-refractivity contribution in [3.63, 3.8) is 0 Å². The molecule has 4 aromatic rings. The lowest BCUT2D eigenvalue weighted by Crippen LogP contribution is -2.04. The van der Waals surface area contributed by atoms with Gasteiger partial charge >= 0.3 is 0 Å². The van der Waals surface area contributed by atoms with Gasteiger partial charge < -0.3 is 0 Å². The van der Waals surface area contributed by atoms with E-state index in [-0.39, 0.29) is 0 Å². The molecule has 2 aromatic heterocycles. The molecule has 0 spiro atoms. The summed E-state index contributed by atoms with van der Waals surface area (Å²) in [5, 5.41) is 14.9. The number of halogens is 1. The molecule has 2 aromatic carbocycles. The predicted molar refractivity (Wildman–Crippen MR) is 123 cm³/mol. The lowest BCUT2D eigenvalue weighted by Gasteiger charge is -2.11. The van der Waals surface area contributed by atoms with Crippen molar-refractivity contribution in [1.82, 2.24) is 24.5 Å². The molecule has 2 heterocycles. The van der Waals surface area contributed by atoms with Crippen LogP contribution in [0, 0.1) is 0 Å². The number of nitrogens with zero attached hydrogens (tertiary/aromatic N) is 5. The topological polar surface area (TPSA) is 48.5 Å². The molecule has 0 unspecified atom stereocenters. The van der Waals surface area contributed by atoms with Gasteiger partial charge in [-0.15, -0.1) is 10.2 Å². The molecule has 4 rings (SSSR count). The smallest absolute Gasteiger partial charge is 0.191 e. The summed E-state index contributed by atoms with van der Waals surface area (Å²) in [5.41, 5.74) is 2.13. The first kappa shape index (κ1) is 20.7. The van der Waals surface area contributed by atoms with Crippen LogP contribution in [0.3, 0.4) is 0 Å². The van der Waals surface area contributed by atoms with E-state index in [1.165, 1.54) is 5.56 Å². The van der Waals surface area contributed by atoms with Crippen LogP contribution in [0.2, 0.25) is 5.02 Å². The van der Waals surface area contributed by atoms with Crippen LogP contribution in [0.5, 0.6) is 0 Å². The summed E-state index contributed by atoms with van der Waals surface area (Å²) in [6.45, 7) is 1.69. The second kappa shape index (κ2) is 10.5. The monoisotopic (exact) mass is 437 g/mol. The second-order valence-electron chi connectivity index (χ2n) is 7.04. The average Bonchev–Trinajstić information content (AvgIpc) is 3.42. The average molecular weight is 438 g/mol. The highest BCUT2D eigenvalue weighted by molar-refractivity contribution is 7.99. The number of thioether (sulfide) groups is 1. The molecule has 7 heteroatoms. The Morgan fingerprint density at radius 2 is 1.70 bits per heavy atom. The Bertz CT molecular complexity index is 1050. The normalized spacial score (nSPS) is 11.1. The fraction of sp³-hybridized carbons (Fsp3) is 0.261. The third kappa shape index (κ3) is 5.32. The highest BCUT2D eigenvalue weighted by Gasteiger charge is 2.16. The standard InChI is InChI=1S/C23H24ClN5S/c24-21-13-6-5-12-20(21)22-26-27-23(29(22)18-19-10-3-1-4-11-19)30-17-8-2-7-15-28-16-9-14-25-28/h1,3-6,9-14,16H,2,7-8,15,17-18H2. The number of hydrogen-bond donors (Lipinski definition) is 0. The molecule has 0 atom stereocenters. The van der Waals surface area contributed by atoms with Crippen LogP contribution in [0.4, 0.5) is 0 Å². The van der Waals surface area contributed by atoms with Crippen molar-refractivity contribution < 1.29 is 0 Å². The number of unbranched alkanes of at least 4 members (excludes halogenated alkanes) is 2. The summed E-state index contributed by atoms with van der Waals surface area (Å²) in [5.74, 6) is 1.82. The maximum atomic E-state index is 6.45. The first-order valence-corrected chi connectivity index (χ1v) is 11.5.